The number of amides is 2. The smallest absolute Gasteiger partial charge is 0.255 e. The third kappa shape index (κ3) is 4.96. The van der Waals surface area contributed by atoms with Gasteiger partial charge in [0, 0.05) is 33.6 Å². The molecule has 0 spiro atoms. The van der Waals surface area contributed by atoms with Gasteiger partial charge in [-0.2, -0.15) is 0 Å². The van der Waals surface area contributed by atoms with Crippen LogP contribution in [0.5, 0.6) is 0 Å². The van der Waals surface area contributed by atoms with Gasteiger partial charge in [0.1, 0.15) is 0 Å². The predicted octanol–water partition coefficient (Wildman–Crippen LogP) is 5.42. The second-order valence-corrected chi connectivity index (χ2v) is 7.12. The topological polar surface area (TPSA) is 75.3 Å². The molecule has 0 radical (unpaired) electrons. The van der Waals surface area contributed by atoms with Crippen molar-refractivity contribution in [3.05, 3.63) is 131 Å². The number of para-hydroxylation sites is 2. The quantitative estimate of drug-likeness (QED) is 0.409. The summed E-state index contributed by atoms with van der Waals surface area (Å²) < 4.78 is 0. The van der Waals surface area contributed by atoms with Crippen molar-refractivity contribution in [1.82, 2.24) is 0 Å². The molecule has 2 amide bonds. The number of carbonyl (C=O) groups excluding carboxylic acids is 3. The van der Waals surface area contributed by atoms with E-state index >= 15 is 0 Å². The average Bonchev–Trinajstić information content (AvgIpc) is 2.85. The van der Waals surface area contributed by atoms with Crippen molar-refractivity contribution >= 4 is 29.0 Å². The Labute approximate surface area is 185 Å². The molecule has 0 unspecified atom stereocenters. The van der Waals surface area contributed by atoms with E-state index in [1.807, 2.05) is 36.4 Å². The first-order chi connectivity index (χ1) is 15.6. The lowest BCUT2D eigenvalue weighted by Crippen LogP contribution is -2.13. The number of nitrogens with one attached hydrogen (secondary N) is 2. The molecule has 2 N–H and O–H groups in total. The monoisotopic (exact) mass is 420 g/mol. The molecule has 0 aliphatic heterocycles. The van der Waals surface area contributed by atoms with Crippen LogP contribution in [-0.4, -0.2) is 17.6 Å². The largest absolute Gasteiger partial charge is 0.322 e. The molecule has 0 atom stereocenters. The van der Waals surface area contributed by atoms with Crippen LogP contribution in [-0.2, 0) is 0 Å². The van der Waals surface area contributed by atoms with Crippen molar-refractivity contribution in [1.29, 1.82) is 0 Å². The average molecular weight is 420 g/mol. The fraction of sp³-hybridized carbons (Fsp3) is 0. The number of hydrogen-bond acceptors (Lipinski definition) is 3. The Hall–Kier alpha value is -4.51. The zero-order valence-corrected chi connectivity index (χ0v) is 17.1. The zero-order valence-electron chi connectivity index (χ0n) is 17.1. The summed E-state index contributed by atoms with van der Waals surface area (Å²) in [6, 6.07) is 31.3. The minimum Gasteiger partial charge on any atom is -0.322 e. The normalized spacial score (nSPS) is 10.2. The van der Waals surface area contributed by atoms with Gasteiger partial charge in [-0.1, -0.05) is 60.7 Å². The van der Waals surface area contributed by atoms with Crippen LogP contribution in [0.25, 0.3) is 0 Å². The van der Waals surface area contributed by atoms with Crippen LogP contribution < -0.4 is 10.6 Å². The maximum absolute atomic E-state index is 12.8. The summed E-state index contributed by atoms with van der Waals surface area (Å²) in [4.78, 5) is 37.5. The van der Waals surface area contributed by atoms with E-state index in [9.17, 15) is 14.4 Å². The highest BCUT2D eigenvalue weighted by Crippen LogP contribution is 2.15. The Morgan fingerprint density at radius 3 is 1.06 bits per heavy atom. The third-order valence-electron chi connectivity index (χ3n) is 4.88. The van der Waals surface area contributed by atoms with Crippen molar-refractivity contribution in [3.63, 3.8) is 0 Å². The summed E-state index contributed by atoms with van der Waals surface area (Å²) >= 11 is 0. The molecule has 0 saturated carbocycles. The fourth-order valence-corrected chi connectivity index (χ4v) is 3.16. The molecule has 5 nitrogen and oxygen atoms in total. The third-order valence-corrected chi connectivity index (χ3v) is 4.88. The van der Waals surface area contributed by atoms with Gasteiger partial charge in [0.05, 0.1) is 0 Å². The number of hydrogen-bond donors (Lipinski definition) is 2. The lowest BCUT2D eigenvalue weighted by Gasteiger charge is -2.07. The molecule has 5 heteroatoms. The Bertz CT molecular complexity index is 1130. The second-order valence-electron chi connectivity index (χ2n) is 7.12. The van der Waals surface area contributed by atoms with E-state index in [2.05, 4.69) is 10.6 Å². The zero-order chi connectivity index (χ0) is 22.3. The van der Waals surface area contributed by atoms with Crippen molar-refractivity contribution in [3.8, 4) is 0 Å². The summed E-state index contributed by atoms with van der Waals surface area (Å²) in [5.74, 6) is -0.678. The number of carbonyl (C=O) groups is 3. The molecule has 0 aliphatic rings. The van der Waals surface area contributed by atoms with Gasteiger partial charge in [-0.3, -0.25) is 14.4 Å². The van der Waals surface area contributed by atoms with E-state index in [1.54, 1.807) is 72.8 Å². The molecule has 0 fully saturated rings. The van der Waals surface area contributed by atoms with Gasteiger partial charge in [0.25, 0.3) is 11.8 Å². The molecule has 4 aromatic rings. The number of rotatable bonds is 6. The van der Waals surface area contributed by atoms with E-state index in [4.69, 9.17) is 0 Å². The van der Waals surface area contributed by atoms with Gasteiger partial charge in [-0.25, -0.2) is 0 Å². The minimum absolute atomic E-state index is 0.185. The van der Waals surface area contributed by atoms with Crippen molar-refractivity contribution < 1.29 is 14.4 Å². The first-order valence-corrected chi connectivity index (χ1v) is 10.1. The Kier molecular flexibility index (Phi) is 6.18. The van der Waals surface area contributed by atoms with Crippen molar-refractivity contribution in [2.45, 2.75) is 0 Å². The summed E-state index contributed by atoms with van der Waals surface area (Å²) in [5, 5.41) is 5.62. The Morgan fingerprint density at radius 2 is 0.719 bits per heavy atom. The highest BCUT2D eigenvalue weighted by atomic mass is 16.2. The molecule has 32 heavy (non-hydrogen) atoms. The molecule has 4 rings (SSSR count). The van der Waals surface area contributed by atoms with Gasteiger partial charge in [0.2, 0.25) is 0 Å². The van der Waals surface area contributed by atoms with Gasteiger partial charge in [-0.15, -0.1) is 0 Å². The minimum atomic E-state index is -0.246. The Balaban J connectivity index is 1.41. The molecule has 0 heterocycles. The summed E-state index contributed by atoms with van der Waals surface area (Å²) in [7, 11) is 0. The molecule has 0 aromatic heterocycles. The lowest BCUT2D eigenvalue weighted by molar-refractivity contribution is 0.101. The molecular weight excluding hydrogens is 400 g/mol. The molecule has 0 saturated heterocycles. The van der Waals surface area contributed by atoms with Crippen LogP contribution in [0, 0.1) is 0 Å². The summed E-state index contributed by atoms with van der Waals surface area (Å²) in [6.07, 6.45) is 0. The first-order valence-electron chi connectivity index (χ1n) is 10.1. The maximum Gasteiger partial charge on any atom is 0.255 e. The maximum atomic E-state index is 12.8. The summed E-state index contributed by atoms with van der Waals surface area (Å²) in [5.41, 5.74) is 3.24. The molecule has 0 bridgehead atoms. The van der Waals surface area contributed by atoms with Gasteiger partial charge in [-0.05, 0) is 48.5 Å². The SMILES string of the molecule is O=C(Nc1ccccc1)c1ccc(C(=O)c2ccc(C(=O)Nc3ccccc3)cc2)cc1. The fourth-order valence-electron chi connectivity index (χ4n) is 3.16. The first kappa shape index (κ1) is 20.8. The van der Waals surface area contributed by atoms with Crippen molar-refractivity contribution in [2.24, 2.45) is 0 Å². The second kappa shape index (κ2) is 9.53. The van der Waals surface area contributed by atoms with Crippen LogP contribution in [0.2, 0.25) is 0 Å². The van der Waals surface area contributed by atoms with Gasteiger partial charge >= 0.3 is 0 Å². The molecule has 156 valence electrons. The predicted molar refractivity (Wildman–Crippen MR) is 125 cm³/mol. The van der Waals surface area contributed by atoms with Gasteiger partial charge < -0.3 is 10.6 Å². The molecule has 0 aliphatic carbocycles. The van der Waals surface area contributed by atoms with Crippen LogP contribution in [0.15, 0.2) is 109 Å². The van der Waals surface area contributed by atoms with E-state index in [0.29, 0.717) is 33.6 Å². The highest BCUT2D eigenvalue weighted by Gasteiger charge is 2.13. The van der Waals surface area contributed by atoms with Crippen LogP contribution in [0.3, 0.4) is 0 Å². The van der Waals surface area contributed by atoms with E-state index < -0.39 is 0 Å². The highest BCUT2D eigenvalue weighted by molar-refractivity contribution is 6.11. The van der Waals surface area contributed by atoms with Crippen LogP contribution in [0.4, 0.5) is 11.4 Å². The van der Waals surface area contributed by atoms with Crippen molar-refractivity contribution in [2.75, 3.05) is 10.6 Å². The Morgan fingerprint density at radius 1 is 0.406 bits per heavy atom. The van der Waals surface area contributed by atoms with E-state index in [-0.39, 0.29) is 17.6 Å². The summed E-state index contributed by atoms with van der Waals surface area (Å²) in [6.45, 7) is 0. The number of benzene rings is 4. The molecule has 4 aromatic carbocycles. The molecular formula is C27H20N2O3. The van der Waals surface area contributed by atoms with E-state index in [1.165, 1.54) is 0 Å². The number of ketones is 1. The van der Waals surface area contributed by atoms with Crippen LogP contribution in [0.1, 0.15) is 36.6 Å². The number of anilines is 2. The lowest BCUT2D eigenvalue weighted by atomic mass is 10.0. The van der Waals surface area contributed by atoms with Crippen LogP contribution >= 0.6 is 0 Å². The van der Waals surface area contributed by atoms with E-state index in [0.717, 1.165) is 0 Å². The van der Waals surface area contributed by atoms with Gasteiger partial charge in [0.15, 0.2) is 5.78 Å². The standard InChI is InChI=1S/C27H20N2O3/c30-25(19-11-15-21(16-12-19)26(31)28-23-7-3-1-4-8-23)20-13-17-22(18-14-20)27(32)29-24-9-5-2-6-10-24/h1-18H,(H,28,31)(H,29,32).